The molecule has 1 fully saturated rings. The molecule has 0 unspecified atom stereocenters. The Labute approximate surface area is 179 Å². The van der Waals surface area contributed by atoms with Gasteiger partial charge in [0, 0.05) is 17.3 Å². The highest BCUT2D eigenvalue weighted by atomic mass is 32.2. The highest BCUT2D eigenvalue weighted by Crippen LogP contribution is 2.21. The number of carbonyl (C=O) groups is 3. The minimum absolute atomic E-state index is 0.0353. The van der Waals surface area contributed by atoms with E-state index >= 15 is 0 Å². The third-order valence-electron chi connectivity index (χ3n) is 4.99. The normalized spacial score (nSPS) is 13.9. The number of nitrogens with zero attached hydrogens (tertiary/aromatic N) is 2. The summed E-state index contributed by atoms with van der Waals surface area (Å²) in [4.78, 5) is 40.2. The summed E-state index contributed by atoms with van der Waals surface area (Å²) in [5, 5.41) is 15.9. The maximum absolute atomic E-state index is 12.4. The highest BCUT2D eigenvalue weighted by Gasteiger charge is 2.19. The number of hydrogen-bond donors (Lipinski definition) is 3. The number of aliphatic hydroxyl groups excluding tert-OH is 1. The zero-order chi connectivity index (χ0) is 21.5. The number of benzene rings is 1. The minimum atomic E-state index is -0.237. The Morgan fingerprint density at radius 2 is 1.87 bits per heavy atom. The van der Waals surface area contributed by atoms with Crippen molar-refractivity contribution in [2.75, 3.05) is 11.1 Å². The minimum Gasteiger partial charge on any atom is -0.390 e. The molecule has 0 aliphatic heterocycles. The molecule has 2 aromatic rings. The average Bonchev–Trinajstić information content (AvgIpc) is 3.36. The molecule has 30 heavy (non-hydrogen) atoms. The molecule has 1 aromatic carbocycles. The van der Waals surface area contributed by atoms with E-state index in [2.05, 4.69) is 15.6 Å². The van der Waals surface area contributed by atoms with Crippen LogP contribution >= 0.6 is 11.8 Å². The van der Waals surface area contributed by atoms with E-state index in [1.165, 1.54) is 24.9 Å². The summed E-state index contributed by atoms with van der Waals surface area (Å²) in [5.74, 6) is -0.287. The van der Waals surface area contributed by atoms with Crippen LogP contribution in [0.4, 0.5) is 5.69 Å². The van der Waals surface area contributed by atoms with Crippen LogP contribution < -0.4 is 10.6 Å². The Kier molecular flexibility index (Phi) is 7.64. The first kappa shape index (κ1) is 22.0. The van der Waals surface area contributed by atoms with Crippen LogP contribution in [-0.4, -0.2) is 44.0 Å². The van der Waals surface area contributed by atoms with Gasteiger partial charge in [0.2, 0.25) is 11.8 Å². The molecule has 0 bridgehead atoms. The molecule has 1 aromatic heterocycles. The number of Topliss-reactive ketones (excluding diaryl/α,β-unsaturated/α-hetero) is 1. The molecular weight excluding hydrogens is 404 g/mol. The van der Waals surface area contributed by atoms with Crippen molar-refractivity contribution in [1.82, 2.24) is 14.9 Å². The number of hydrogen-bond acceptors (Lipinski definition) is 6. The molecule has 0 atom stereocenters. The summed E-state index contributed by atoms with van der Waals surface area (Å²) in [6, 6.07) is 6.90. The molecule has 1 heterocycles. The lowest BCUT2D eigenvalue weighted by Crippen LogP contribution is -2.35. The van der Waals surface area contributed by atoms with Gasteiger partial charge in [-0.1, -0.05) is 24.6 Å². The van der Waals surface area contributed by atoms with Gasteiger partial charge in [-0.2, -0.15) is 0 Å². The molecule has 2 amide bonds. The first-order valence-electron chi connectivity index (χ1n) is 9.94. The molecule has 1 saturated carbocycles. The van der Waals surface area contributed by atoms with E-state index in [-0.39, 0.29) is 42.5 Å². The van der Waals surface area contributed by atoms with Gasteiger partial charge < -0.3 is 20.3 Å². The van der Waals surface area contributed by atoms with E-state index in [4.69, 9.17) is 0 Å². The number of nitrogens with one attached hydrogen (secondary N) is 2. The van der Waals surface area contributed by atoms with Gasteiger partial charge >= 0.3 is 0 Å². The van der Waals surface area contributed by atoms with E-state index in [0.717, 1.165) is 25.7 Å². The summed E-state index contributed by atoms with van der Waals surface area (Å²) in [7, 11) is 0. The van der Waals surface area contributed by atoms with Crippen molar-refractivity contribution in [2.24, 2.45) is 0 Å². The number of amides is 2. The quantitative estimate of drug-likeness (QED) is 0.416. The van der Waals surface area contributed by atoms with Crippen molar-refractivity contribution in [1.29, 1.82) is 0 Å². The zero-order valence-corrected chi connectivity index (χ0v) is 17.7. The zero-order valence-electron chi connectivity index (χ0n) is 16.9. The second-order valence-corrected chi connectivity index (χ2v) is 8.24. The van der Waals surface area contributed by atoms with Crippen LogP contribution in [0.2, 0.25) is 0 Å². The summed E-state index contributed by atoms with van der Waals surface area (Å²) >= 11 is 1.20. The van der Waals surface area contributed by atoms with Gasteiger partial charge in [-0.25, -0.2) is 4.98 Å². The van der Waals surface area contributed by atoms with Crippen LogP contribution in [0.1, 0.15) is 48.7 Å². The first-order chi connectivity index (χ1) is 14.5. The Morgan fingerprint density at radius 3 is 2.50 bits per heavy atom. The number of carbonyl (C=O) groups excluding carboxylic acids is 3. The fourth-order valence-electron chi connectivity index (χ4n) is 3.41. The number of anilines is 1. The Hall–Kier alpha value is -2.65. The largest absolute Gasteiger partial charge is 0.390 e. The van der Waals surface area contributed by atoms with E-state index in [1.54, 1.807) is 28.8 Å². The first-order valence-corrected chi connectivity index (χ1v) is 10.9. The summed E-state index contributed by atoms with van der Waals surface area (Å²) < 4.78 is 1.64. The van der Waals surface area contributed by atoms with E-state index in [1.807, 2.05) is 0 Å². The lowest BCUT2D eigenvalue weighted by Gasteiger charge is -2.14. The molecule has 0 saturated heterocycles. The topological polar surface area (TPSA) is 113 Å². The molecule has 3 rings (SSSR count). The molecule has 9 heteroatoms. The molecule has 160 valence electrons. The number of aliphatic hydroxyl groups is 1. The Balaban J connectivity index is 1.56. The number of ketones is 1. The third kappa shape index (κ3) is 5.93. The number of rotatable bonds is 9. The second-order valence-electron chi connectivity index (χ2n) is 7.30. The SMILES string of the molecule is CC(=O)c1ccc(NC(=O)CSc2ncc(CO)n2CC(=O)NC2CCCC2)cc1. The number of thioether (sulfide) groups is 1. The Morgan fingerprint density at radius 1 is 1.17 bits per heavy atom. The standard InChI is InChI=1S/C21H26N4O4S/c1-14(27)15-6-8-17(9-7-15)24-20(29)13-30-21-22-10-18(12-26)25(21)11-19(28)23-16-4-2-3-5-16/h6-10,16,26H,2-5,11-13H2,1H3,(H,23,28)(H,24,29). The molecule has 8 nitrogen and oxygen atoms in total. The number of aromatic nitrogens is 2. The molecular formula is C21H26N4O4S. The van der Waals surface area contributed by atoms with Crippen LogP contribution in [0.5, 0.6) is 0 Å². The smallest absolute Gasteiger partial charge is 0.240 e. The predicted molar refractivity (Wildman–Crippen MR) is 114 cm³/mol. The van der Waals surface area contributed by atoms with Crippen LogP contribution in [0.25, 0.3) is 0 Å². The van der Waals surface area contributed by atoms with Gasteiger partial charge in [-0.15, -0.1) is 0 Å². The maximum atomic E-state index is 12.4. The fourth-order valence-corrected chi connectivity index (χ4v) is 4.20. The molecule has 3 N–H and O–H groups in total. The van der Waals surface area contributed by atoms with Gasteiger partial charge in [0.25, 0.3) is 0 Å². The van der Waals surface area contributed by atoms with Gasteiger partial charge in [0.05, 0.1) is 24.3 Å². The fraction of sp³-hybridized carbons (Fsp3) is 0.429. The van der Waals surface area contributed by atoms with Crippen molar-refractivity contribution in [2.45, 2.75) is 57.0 Å². The van der Waals surface area contributed by atoms with E-state index in [9.17, 15) is 19.5 Å². The summed E-state index contributed by atoms with van der Waals surface area (Å²) in [5.41, 5.74) is 1.71. The second kappa shape index (κ2) is 10.4. The molecule has 0 radical (unpaired) electrons. The van der Waals surface area contributed by atoms with Crippen LogP contribution in [0, 0.1) is 0 Å². The van der Waals surface area contributed by atoms with E-state index in [0.29, 0.717) is 22.1 Å². The van der Waals surface area contributed by atoms with Crippen molar-refractivity contribution in [3.8, 4) is 0 Å². The van der Waals surface area contributed by atoms with Gasteiger partial charge in [-0.3, -0.25) is 14.4 Å². The van der Waals surface area contributed by atoms with Crippen LogP contribution in [-0.2, 0) is 22.7 Å². The third-order valence-corrected chi connectivity index (χ3v) is 5.98. The highest BCUT2D eigenvalue weighted by molar-refractivity contribution is 7.99. The molecule has 1 aliphatic carbocycles. The van der Waals surface area contributed by atoms with Gasteiger partial charge in [0.15, 0.2) is 10.9 Å². The maximum Gasteiger partial charge on any atom is 0.240 e. The van der Waals surface area contributed by atoms with Crippen molar-refractivity contribution in [3.63, 3.8) is 0 Å². The van der Waals surface area contributed by atoms with Crippen molar-refractivity contribution >= 4 is 35.0 Å². The average molecular weight is 431 g/mol. The molecule has 0 spiro atoms. The van der Waals surface area contributed by atoms with Crippen molar-refractivity contribution in [3.05, 3.63) is 41.7 Å². The lowest BCUT2D eigenvalue weighted by molar-refractivity contribution is -0.122. The van der Waals surface area contributed by atoms with E-state index < -0.39 is 0 Å². The summed E-state index contributed by atoms with van der Waals surface area (Å²) in [6.07, 6.45) is 5.77. The Bertz CT molecular complexity index is 904. The summed E-state index contributed by atoms with van der Waals surface area (Å²) in [6.45, 7) is 1.31. The predicted octanol–water partition coefficient (Wildman–Crippen LogP) is 2.37. The number of imidazole rings is 1. The van der Waals surface area contributed by atoms with Gasteiger partial charge in [0.1, 0.15) is 6.54 Å². The van der Waals surface area contributed by atoms with Crippen molar-refractivity contribution < 1.29 is 19.5 Å². The monoisotopic (exact) mass is 430 g/mol. The van der Waals surface area contributed by atoms with Crippen LogP contribution in [0.3, 0.4) is 0 Å². The van der Waals surface area contributed by atoms with Gasteiger partial charge in [-0.05, 0) is 44.0 Å². The van der Waals surface area contributed by atoms with Crippen LogP contribution in [0.15, 0.2) is 35.6 Å². The molecule has 1 aliphatic rings. The lowest BCUT2D eigenvalue weighted by atomic mass is 10.1.